The number of pyridine rings is 1. The zero-order valence-electron chi connectivity index (χ0n) is 15.3. The van der Waals surface area contributed by atoms with Crippen molar-refractivity contribution in [2.45, 2.75) is 13.2 Å². The average molecular weight is 364 g/mol. The van der Waals surface area contributed by atoms with Gasteiger partial charge in [-0.25, -0.2) is 0 Å². The number of nitrogens with one attached hydrogen (secondary N) is 2. The zero-order valence-corrected chi connectivity index (χ0v) is 15.3. The average Bonchev–Trinajstić information content (AvgIpc) is 2.67. The summed E-state index contributed by atoms with van der Waals surface area (Å²) in [5, 5.41) is 15.7. The Morgan fingerprint density at radius 1 is 1.19 bits per heavy atom. The fraction of sp³-hybridized carbons (Fsp3) is 0.333. The topological polar surface area (TPSA) is 79.2 Å². The summed E-state index contributed by atoms with van der Waals surface area (Å²) in [7, 11) is 0. The van der Waals surface area contributed by atoms with Gasteiger partial charge in [0.2, 0.25) is 0 Å². The molecule has 140 valence electrons. The number of hydrogen-bond acceptors (Lipinski definition) is 6. The molecule has 27 heavy (non-hydrogen) atoms. The Hall–Kier alpha value is -2.88. The molecule has 2 heterocycles. The normalized spacial score (nSPS) is 13.4. The van der Waals surface area contributed by atoms with Gasteiger partial charge in [0.1, 0.15) is 30.8 Å². The molecule has 2 aromatic rings. The summed E-state index contributed by atoms with van der Waals surface area (Å²) >= 11 is 0. The number of aromatic nitrogens is 1. The lowest BCUT2D eigenvalue weighted by Gasteiger charge is -2.27. The second-order valence-electron chi connectivity index (χ2n) is 6.55. The van der Waals surface area contributed by atoms with Crippen molar-refractivity contribution in [2.75, 3.05) is 26.2 Å². The number of rotatable bonds is 10. The van der Waals surface area contributed by atoms with Crippen molar-refractivity contribution in [3.63, 3.8) is 0 Å². The molecule has 1 saturated heterocycles. The highest BCUT2D eigenvalue weighted by Crippen LogP contribution is 2.24. The van der Waals surface area contributed by atoms with E-state index in [1.165, 1.54) is 6.20 Å². The van der Waals surface area contributed by atoms with E-state index in [9.17, 15) is 0 Å². The number of nitriles is 1. The predicted molar refractivity (Wildman–Crippen MR) is 103 cm³/mol. The van der Waals surface area contributed by atoms with Gasteiger partial charge in [0, 0.05) is 50.2 Å². The van der Waals surface area contributed by atoms with Crippen LogP contribution in [0.3, 0.4) is 0 Å². The summed E-state index contributed by atoms with van der Waals surface area (Å²) in [4.78, 5) is 4.06. The van der Waals surface area contributed by atoms with Crippen LogP contribution in [0.1, 0.15) is 16.7 Å². The minimum Gasteiger partial charge on any atom is -0.489 e. The molecule has 0 unspecified atom stereocenters. The molecule has 1 aliphatic rings. The molecule has 1 aromatic heterocycles. The first kappa shape index (κ1) is 18.9. The Morgan fingerprint density at radius 3 is 2.70 bits per heavy atom. The summed E-state index contributed by atoms with van der Waals surface area (Å²) in [5.74, 6) is 2.18. The molecule has 0 atom stereocenters. The monoisotopic (exact) mass is 364 g/mol. The minimum absolute atomic E-state index is 0.341. The van der Waals surface area contributed by atoms with Crippen LogP contribution in [0.25, 0.3) is 0 Å². The maximum Gasteiger partial charge on any atom is 0.123 e. The highest BCUT2D eigenvalue weighted by atomic mass is 16.5. The molecule has 0 saturated carbocycles. The van der Waals surface area contributed by atoms with E-state index in [2.05, 4.69) is 28.3 Å². The van der Waals surface area contributed by atoms with E-state index >= 15 is 0 Å². The predicted octanol–water partition coefficient (Wildman–Crippen LogP) is 2.41. The second-order valence-corrected chi connectivity index (χ2v) is 6.55. The molecule has 6 heteroatoms. The zero-order chi connectivity index (χ0) is 18.9. The maximum atomic E-state index is 8.98. The van der Waals surface area contributed by atoms with E-state index in [4.69, 9.17) is 14.7 Å². The molecular formula is C21H24N4O2. The Kier molecular flexibility index (Phi) is 6.80. The summed E-state index contributed by atoms with van der Waals surface area (Å²) < 4.78 is 11.6. The third-order valence-corrected chi connectivity index (χ3v) is 4.27. The first-order valence-electron chi connectivity index (χ1n) is 9.02. The van der Waals surface area contributed by atoms with Crippen LogP contribution in [-0.4, -0.2) is 31.2 Å². The van der Waals surface area contributed by atoms with E-state index in [0.29, 0.717) is 24.7 Å². The van der Waals surface area contributed by atoms with Crippen molar-refractivity contribution in [1.29, 1.82) is 5.26 Å². The fourth-order valence-corrected chi connectivity index (χ4v) is 2.76. The molecule has 6 nitrogen and oxygen atoms in total. The van der Waals surface area contributed by atoms with E-state index in [1.807, 2.05) is 18.2 Å². The van der Waals surface area contributed by atoms with E-state index in [-0.39, 0.29) is 0 Å². The van der Waals surface area contributed by atoms with E-state index < -0.39 is 0 Å². The molecule has 3 rings (SSSR count). The third kappa shape index (κ3) is 5.81. The lowest BCUT2D eigenvalue weighted by molar-refractivity contribution is 0.300. The Morgan fingerprint density at radius 2 is 2.00 bits per heavy atom. The maximum absolute atomic E-state index is 8.98. The van der Waals surface area contributed by atoms with Crippen molar-refractivity contribution in [3.05, 3.63) is 66.0 Å². The van der Waals surface area contributed by atoms with Gasteiger partial charge in [0.15, 0.2) is 0 Å². The summed E-state index contributed by atoms with van der Waals surface area (Å²) in [6.45, 7) is 8.39. The van der Waals surface area contributed by atoms with Crippen molar-refractivity contribution >= 4 is 0 Å². The highest BCUT2D eigenvalue weighted by molar-refractivity contribution is 5.39. The van der Waals surface area contributed by atoms with Crippen molar-refractivity contribution in [3.8, 4) is 17.6 Å². The molecule has 0 bridgehead atoms. The van der Waals surface area contributed by atoms with Crippen LogP contribution in [0.5, 0.6) is 11.5 Å². The molecule has 2 N–H and O–H groups in total. The standard InChI is InChI=1S/C21H24N4O2/c1-2-3-26-20-5-16(9-23-12-19-13-25-14-19)6-21(7-20)27-15-18-4-17(8-22)10-24-11-18/h2,4-7,10-11,19,23,25H,1,3,9,12-15H2. The van der Waals surface area contributed by atoms with Crippen LogP contribution < -0.4 is 20.1 Å². The first-order chi connectivity index (χ1) is 13.3. The van der Waals surface area contributed by atoms with Gasteiger partial charge in [-0.1, -0.05) is 12.7 Å². The smallest absolute Gasteiger partial charge is 0.123 e. The molecule has 0 aliphatic carbocycles. The van der Waals surface area contributed by atoms with Gasteiger partial charge >= 0.3 is 0 Å². The Labute approximate surface area is 159 Å². The van der Waals surface area contributed by atoms with E-state index in [0.717, 1.165) is 48.8 Å². The minimum atomic E-state index is 0.341. The molecule has 0 amide bonds. The van der Waals surface area contributed by atoms with Crippen LogP contribution in [0.15, 0.2) is 49.3 Å². The molecular weight excluding hydrogens is 340 g/mol. The van der Waals surface area contributed by atoms with Gasteiger partial charge in [-0.15, -0.1) is 0 Å². The summed E-state index contributed by atoms with van der Waals surface area (Å²) in [5.41, 5.74) is 2.47. The van der Waals surface area contributed by atoms with Crippen LogP contribution in [0.4, 0.5) is 0 Å². The van der Waals surface area contributed by atoms with E-state index in [1.54, 1.807) is 18.3 Å². The fourth-order valence-electron chi connectivity index (χ4n) is 2.76. The van der Waals surface area contributed by atoms with Crippen LogP contribution in [-0.2, 0) is 13.2 Å². The molecule has 0 spiro atoms. The second kappa shape index (κ2) is 9.72. The van der Waals surface area contributed by atoms with Gasteiger partial charge in [-0.3, -0.25) is 4.98 Å². The van der Waals surface area contributed by atoms with Gasteiger partial charge in [0.05, 0.1) is 5.56 Å². The lowest BCUT2D eigenvalue weighted by Crippen LogP contribution is -2.47. The third-order valence-electron chi connectivity index (χ3n) is 4.27. The summed E-state index contributed by atoms with van der Waals surface area (Å²) in [6.07, 6.45) is 4.96. The van der Waals surface area contributed by atoms with Crippen molar-refractivity contribution in [1.82, 2.24) is 15.6 Å². The SMILES string of the molecule is C=CCOc1cc(CNCC2CNC2)cc(OCc2cncc(C#N)c2)c1. The summed E-state index contributed by atoms with van der Waals surface area (Å²) in [6, 6.07) is 9.75. The molecule has 1 fully saturated rings. The van der Waals surface area contributed by atoms with Gasteiger partial charge in [-0.05, 0) is 29.7 Å². The number of ether oxygens (including phenoxy) is 2. The van der Waals surface area contributed by atoms with Crippen LogP contribution in [0, 0.1) is 17.2 Å². The molecule has 1 aromatic carbocycles. The number of nitrogens with zero attached hydrogens (tertiary/aromatic N) is 2. The van der Waals surface area contributed by atoms with Crippen LogP contribution in [0.2, 0.25) is 0 Å². The Bertz CT molecular complexity index is 812. The molecule has 0 radical (unpaired) electrons. The lowest BCUT2D eigenvalue weighted by atomic mass is 10.0. The quantitative estimate of drug-likeness (QED) is 0.630. The van der Waals surface area contributed by atoms with Crippen molar-refractivity contribution in [2.24, 2.45) is 5.92 Å². The molecule has 1 aliphatic heterocycles. The number of hydrogen-bond donors (Lipinski definition) is 2. The largest absolute Gasteiger partial charge is 0.489 e. The van der Waals surface area contributed by atoms with Crippen LogP contribution >= 0.6 is 0 Å². The highest BCUT2D eigenvalue weighted by Gasteiger charge is 2.15. The van der Waals surface area contributed by atoms with Gasteiger partial charge in [0.25, 0.3) is 0 Å². The Balaban J connectivity index is 1.64. The van der Waals surface area contributed by atoms with Crippen molar-refractivity contribution < 1.29 is 9.47 Å². The number of benzene rings is 1. The van der Waals surface area contributed by atoms with Gasteiger partial charge < -0.3 is 20.1 Å². The first-order valence-corrected chi connectivity index (χ1v) is 9.02. The van der Waals surface area contributed by atoms with Gasteiger partial charge in [-0.2, -0.15) is 5.26 Å².